The zero-order chi connectivity index (χ0) is 35.0. The van der Waals surface area contributed by atoms with Gasteiger partial charge in [0.05, 0.1) is 5.92 Å². The molecule has 2 nitrogen and oxygen atoms in total. The van der Waals surface area contributed by atoms with Crippen molar-refractivity contribution >= 4 is 11.6 Å². The third-order valence-corrected chi connectivity index (χ3v) is 10.8. The number of hydrogen-bond donors (Lipinski definition) is 0. The number of carbonyl (C=O) groups is 2. The molecule has 2 heteroatoms. The van der Waals surface area contributed by atoms with Crippen LogP contribution in [-0.2, 0) is 9.59 Å². The smallest absolute Gasteiger partial charge is 0.143 e. The van der Waals surface area contributed by atoms with Gasteiger partial charge in [0.2, 0.25) is 0 Å². The summed E-state index contributed by atoms with van der Waals surface area (Å²) in [4.78, 5) is 25.0. The summed E-state index contributed by atoms with van der Waals surface area (Å²) in [5.41, 5.74) is 0. The van der Waals surface area contributed by atoms with Crippen molar-refractivity contribution in [2.45, 2.75) is 271 Å². The topological polar surface area (TPSA) is 34.1 Å². The summed E-state index contributed by atoms with van der Waals surface area (Å²) >= 11 is 0. The molecular weight excluding hydrogens is 585 g/mol. The van der Waals surface area contributed by atoms with Crippen molar-refractivity contribution in [1.82, 2.24) is 0 Å². The van der Waals surface area contributed by atoms with Crippen LogP contribution < -0.4 is 0 Å². The molecule has 0 aliphatic carbocycles. The van der Waals surface area contributed by atoms with Crippen LogP contribution in [0.5, 0.6) is 0 Å². The molecule has 0 bridgehead atoms. The molecule has 0 spiro atoms. The molecule has 0 rings (SSSR count). The van der Waals surface area contributed by atoms with Gasteiger partial charge >= 0.3 is 0 Å². The summed E-state index contributed by atoms with van der Waals surface area (Å²) in [6.07, 6.45) is 52.7. The third kappa shape index (κ3) is 36.6. The molecule has 0 unspecified atom stereocenters. The van der Waals surface area contributed by atoms with Crippen LogP contribution in [-0.4, -0.2) is 11.6 Å². The molecule has 0 N–H and O–H groups in total. The van der Waals surface area contributed by atoms with Crippen LogP contribution in [0.2, 0.25) is 0 Å². The second-order valence-corrected chi connectivity index (χ2v) is 15.7. The van der Waals surface area contributed by atoms with Crippen LogP contribution in [0.3, 0.4) is 0 Å². The Morgan fingerprint density at radius 1 is 0.292 bits per heavy atom. The highest BCUT2D eigenvalue weighted by atomic mass is 16.1. The Hall–Kier alpha value is -0.660. The van der Waals surface area contributed by atoms with E-state index in [4.69, 9.17) is 0 Å². The van der Waals surface area contributed by atoms with E-state index in [-0.39, 0.29) is 11.6 Å². The van der Waals surface area contributed by atoms with Gasteiger partial charge in [-0.1, -0.05) is 245 Å². The molecule has 0 atom stereocenters. The van der Waals surface area contributed by atoms with Crippen molar-refractivity contribution in [3.05, 3.63) is 6.92 Å². The summed E-state index contributed by atoms with van der Waals surface area (Å²) in [6, 6.07) is 0. The van der Waals surface area contributed by atoms with E-state index in [9.17, 15) is 9.59 Å². The maximum absolute atomic E-state index is 12.5. The van der Waals surface area contributed by atoms with Crippen LogP contribution in [0.25, 0.3) is 0 Å². The molecule has 48 heavy (non-hydrogen) atoms. The van der Waals surface area contributed by atoms with Crippen LogP contribution in [0, 0.1) is 12.8 Å². The van der Waals surface area contributed by atoms with Gasteiger partial charge < -0.3 is 0 Å². The molecule has 0 saturated carbocycles. The normalized spacial score (nSPS) is 11.6. The van der Waals surface area contributed by atoms with E-state index >= 15 is 0 Å². The predicted molar refractivity (Wildman–Crippen MR) is 215 cm³/mol. The fourth-order valence-electron chi connectivity index (χ4n) is 7.28. The summed E-state index contributed by atoms with van der Waals surface area (Å²) in [5.74, 6) is -0.481. The van der Waals surface area contributed by atoms with Gasteiger partial charge in [0.15, 0.2) is 0 Å². The fourth-order valence-corrected chi connectivity index (χ4v) is 7.28. The Kier molecular flexibility index (Phi) is 40.2. The van der Waals surface area contributed by atoms with Gasteiger partial charge in [-0.2, -0.15) is 0 Å². The van der Waals surface area contributed by atoms with Crippen molar-refractivity contribution in [3.8, 4) is 0 Å². The number of hydrogen-bond acceptors (Lipinski definition) is 2. The van der Waals surface area contributed by atoms with E-state index in [1.54, 1.807) is 0 Å². The molecule has 0 fully saturated rings. The Bertz CT molecular complexity index is 586. The molecule has 0 saturated heterocycles. The lowest BCUT2D eigenvalue weighted by atomic mass is 9.93. The van der Waals surface area contributed by atoms with Crippen molar-refractivity contribution in [2.75, 3.05) is 0 Å². The van der Waals surface area contributed by atoms with E-state index in [1.165, 1.54) is 218 Å². The molecule has 1 radical (unpaired) electrons. The van der Waals surface area contributed by atoms with E-state index in [0.717, 1.165) is 25.7 Å². The van der Waals surface area contributed by atoms with E-state index in [1.807, 2.05) is 0 Å². The van der Waals surface area contributed by atoms with Crippen LogP contribution >= 0.6 is 0 Å². The van der Waals surface area contributed by atoms with Gasteiger partial charge in [0.25, 0.3) is 0 Å². The maximum atomic E-state index is 12.5. The Morgan fingerprint density at radius 2 is 0.438 bits per heavy atom. The van der Waals surface area contributed by atoms with Crippen LogP contribution in [0.15, 0.2) is 0 Å². The number of carbonyl (C=O) groups excluding carboxylic acids is 2. The average molecular weight is 674 g/mol. The zero-order valence-corrected chi connectivity index (χ0v) is 33.4. The SMILES string of the molecule is [CH2]C(C(=O)CCCCCCCCCCCCCCCCCCCCC)C(=O)CCCCCCCCCCCCCCCCCCCCC. The molecule has 0 aromatic carbocycles. The van der Waals surface area contributed by atoms with Gasteiger partial charge in [0, 0.05) is 12.8 Å². The highest BCUT2D eigenvalue weighted by Crippen LogP contribution is 2.18. The molecule has 0 heterocycles. The minimum Gasteiger partial charge on any atom is -0.299 e. The minimum absolute atomic E-state index is 0.0739. The summed E-state index contributed by atoms with van der Waals surface area (Å²) in [7, 11) is 0. The quantitative estimate of drug-likeness (QED) is 0.0477. The Labute approximate surface area is 303 Å². The van der Waals surface area contributed by atoms with Gasteiger partial charge in [-0.25, -0.2) is 0 Å². The van der Waals surface area contributed by atoms with E-state index < -0.39 is 5.92 Å². The van der Waals surface area contributed by atoms with Gasteiger partial charge in [-0.05, 0) is 19.8 Å². The maximum Gasteiger partial charge on any atom is 0.143 e. The second-order valence-electron chi connectivity index (χ2n) is 15.7. The average Bonchev–Trinajstić information content (AvgIpc) is 3.09. The van der Waals surface area contributed by atoms with Gasteiger partial charge in [0.1, 0.15) is 11.6 Å². The van der Waals surface area contributed by atoms with Crippen molar-refractivity contribution in [1.29, 1.82) is 0 Å². The summed E-state index contributed by atoms with van der Waals surface area (Å²) < 4.78 is 0. The number of rotatable bonds is 42. The molecule has 0 aromatic heterocycles. The van der Waals surface area contributed by atoms with Crippen molar-refractivity contribution in [3.63, 3.8) is 0 Å². The zero-order valence-electron chi connectivity index (χ0n) is 33.4. The van der Waals surface area contributed by atoms with Crippen molar-refractivity contribution in [2.24, 2.45) is 5.92 Å². The first-order valence-corrected chi connectivity index (χ1v) is 22.5. The first kappa shape index (κ1) is 47.3. The third-order valence-electron chi connectivity index (χ3n) is 10.8. The Morgan fingerprint density at radius 3 is 0.604 bits per heavy atom. The number of ketones is 2. The minimum atomic E-state index is -0.629. The molecular formula is C46H89O2. The predicted octanol–water partition coefficient (Wildman–Crippen LogP) is 16.2. The Balaban J connectivity index is 3.36. The first-order chi connectivity index (χ1) is 23.6. The number of Topliss-reactive ketones (excluding diaryl/α,β-unsaturated/α-hetero) is 2. The lowest BCUT2D eigenvalue weighted by molar-refractivity contribution is -0.131. The largest absolute Gasteiger partial charge is 0.299 e. The lowest BCUT2D eigenvalue weighted by Gasteiger charge is -2.09. The van der Waals surface area contributed by atoms with Crippen molar-refractivity contribution < 1.29 is 9.59 Å². The van der Waals surface area contributed by atoms with Crippen LogP contribution in [0.4, 0.5) is 0 Å². The van der Waals surface area contributed by atoms with Gasteiger partial charge in [-0.3, -0.25) is 9.59 Å². The molecule has 285 valence electrons. The molecule has 0 aliphatic rings. The number of unbranched alkanes of at least 4 members (excludes halogenated alkanes) is 36. The summed E-state index contributed by atoms with van der Waals surface area (Å²) in [6.45, 7) is 8.52. The monoisotopic (exact) mass is 674 g/mol. The van der Waals surface area contributed by atoms with Gasteiger partial charge in [-0.15, -0.1) is 0 Å². The highest BCUT2D eigenvalue weighted by Gasteiger charge is 2.20. The molecule has 0 amide bonds. The highest BCUT2D eigenvalue weighted by molar-refractivity contribution is 6.02. The molecule has 0 aromatic rings. The summed E-state index contributed by atoms with van der Waals surface area (Å²) in [5, 5.41) is 0. The molecule has 0 aliphatic heterocycles. The lowest BCUT2D eigenvalue weighted by Crippen LogP contribution is -2.21. The second kappa shape index (κ2) is 40.8. The fraction of sp³-hybridized carbons (Fsp3) is 0.935. The van der Waals surface area contributed by atoms with E-state index in [0.29, 0.717) is 12.8 Å². The van der Waals surface area contributed by atoms with E-state index in [2.05, 4.69) is 20.8 Å². The first-order valence-electron chi connectivity index (χ1n) is 22.5. The van der Waals surface area contributed by atoms with Crippen LogP contribution in [0.1, 0.15) is 271 Å². The standard InChI is InChI=1S/C46H89O2/c1-4-6-8-10-12-14-16-18-20-22-24-26-28-30-32-34-36-38-40-42-45(47)44(3)46(48)43-41-39-37-35-33-31-29-27-25-23-21-19-17-15-13-11-9-7-5-2/h44H,3-43H2,1-2H3.